The van der Waals surface area contributed by atoms with Crippen molar-refractivity contribution in [2.45, 2.75) is 70.7 Å². The Balaban J connectivity index is 2.02. The molecule has 1 N–H and O–H groups in total. The van der Waals surface area contributed by atoms with Crippen molar-refractivity contribution in [3.63, 3.8) is 0 Å². The van der Waals surface area contributed by atoms with Gasteiger partial charge < -0.3 is 10.2 Å². The molecule has 0 saturated heterocycles. The lowest BCUT2D eigenvalue weighted by molar-refractivity contribution is -0.139. The van der Waals surface area contributed by atoms with Gasteiger partial charge in [0.25, 0.3) is 10.0 Å². The molecule has 0 aliphatic rings. The third-order valence-electron chi connectivity index (χ3n) is 7.23. The van der Waals surface area contributed by atoms with E-state index in [1.54, 1.807) is 41.3 Å². The minimum Gasteiger partial charge on any atom is -0.354 e. The Labute approximate surface area is 245 Å². The number of aryl methyl sites for hydroxylation is 2. The minimum absolute atomic E-state index is 0.113. The van der Waals surface area contributed by atoms with Crippen LogP contribution in [0.1, 0.15) is 56.7 Å². The Kier molecular flexibility index (Phi) is 12.0. The summed E-state index contributed by atoms with van der Waals surface area (Å²) in [7, 11) is -4.08. The highest BCUT2D eigenvalue weighted by atomic mass is 32.2. The van der Waals surface area contributed by atoms with Crippen molar-refractivity contribution >= 4 is 27.5 Å². The number of carbonyl (C=O) groups is 2. The van der Waals surface area contributed by atoms with Gasteiger partial charge in [0, 0.05) is 13.1 Å². The summed E-state index contributed by atoms with van der Waals surface area (Å²) < 4.78 is 29.4. The first-order valence-corrected chi connectivity index (χ1v) is 15.9. The Morgan fingerprint density at radius 3 is 2.17 bits per heavy atom. The lowest BCUT2D eigenvalue weighted by Gasteiger charge is -2.33. The predicted molar refractivity (Wildman–Crippen MR) is 165 cm³/mol. The molecule has 41 heavy (non-hydrogen) atoms. The summed E-state index contributed by atoms with van der Waals surface area (Å²) >= 11 is 0. The van der Waals surface area contributed by atoms with Gasteiger partial charge in [-0.15, -0.1) is 0 Å². The van der Waals surface area contributed by atoms with E-state index in [0.717, 1.165) is 29.5 Å². The van der Waals surface area contributed by atoms with Crippen molar-refractivity contribution in [1.82, 2.24) is 10.2 Å². The molecule has 0 radical (unpaired) electrons. The van der Waals surface area contributed by atoms with Gasteiger partial charge in [-0.2, -0.15) is 0 Å². The van der Waals surface area contributed by atoms with Crippen LogP contribution < -0.4 is 9.62 Å². The smallest absolute Gasteiger partial charge is 0.264 e. The lowest BCUT2D eigenvalue weighted by Crippen LogP contribution is -2.53. The van der Waals surface area contributed by atoms with Crippen molar-refractivity contribution in [3.05, 3.63) is 95.6 Å². The number of hydrogen-bond donors (Lipinski definition) is 1. The Hall–Kier alpha value is -3.65. The van der Waals surface area contributed by atoms with Crippen LogP contribution in [0.3, 0.4) is 0 Å². The Morgan fingerprint density at radius 2 is 1.54 bits per heavy atom. The van der Waals surface area contributed by atoms with Crippen LogP contribution in [0.4, 0.5) is 5.69 Å². The molecule has 3 aromatic carbocycles. The number of unbranched alkanes of at least 4 members (excludes halogenated alkanes) is 1. The van der Waals surface area contributed by atoms with Gasteiger partial charge in [-0.05, 0) is 61.9 Å². The summed E-state index contributed by atoms with van der Waals surface area (Å²) in [6, 6.07) is 22.9. The minimum atomic E-state index is -4.08. The molecule has 7 nitrogen and oxygen atoms in total. The van der Waals surface area contributed by atoms with Crippen LogP contribution in [0.5, 0.6) is 0 Å². The number of carbonyl (C=O) groups excluding carboxylic acids is 2. The fraction of sp³-hybridized carbons (Fsp3) is 0.394. The van der Waals surface area contributed by atoms with Crippen molar-refractivity contribution in [1.29, 1.82) is 0 Å². The SMILES string of the molecule is CCCCNC(=O)[C@H](CC)N(CCc1ccccc1)C(=O)CN(c1ccccc1CC)S(=O)(=O)c1ccc(C)cc1. The van der Waals surface area contributed by atoms with Crippen LogP contribution in [-0.4, -0.2) is 50.8 Å². The van der Waals surface area contributed by atoms with Crippen LogP contribution in [0.25, 0.3) is 0 Å². The number of benzene rings is 3. The molecule has 3 aromatic rings. The third-order valence-corrected chi connectivity index (χ3v) is 9.00. The van der Waals surface area contributed by atoms with E-state index in [0.29, 0.717) is 31.5 Å². The predicted octanol–water partition coefficient (Wildman–Crippen LogP) is 5.52. The second-order valence-electron chi connectivity index (χ2n) is 10.2. The zero-order valence-corrected chi connectivity index (χ0v) is 25.5. The van der Waals surface area contributed by atoms with Gasteiger partial charge in [-0.1, -0.05) is 93.4 Å². The summed E-state index contributed by atoms with van der Waals surface area (Å²) in [6.45, 7) is 8.18. The summed E-state index contributed by atoms with van der Waals surface area (Å²) in [5, 5.41) is 2.97. The zero-order valence-electron chi connectivity index (χ0n) is 24.7. The summed E-state index contributed by atoms with van der Waals surface area (Å²) in [6.07, 6.45) is 3.34. The van der Waals surface area contributed by atoms with Gasteiger partial charge in [0.05, 0.1) is 10.6 Å². The summed E-state index contributed by atoms with van der Waals surface area (Å²) in [4.78, 5) is 29.1. The molecular formula is C33H43N3O4S. The topological polar surface area (TPSA) is 86.8 Å². The first-order valence-electron chi connectivity index (χ1n) is 14.5. The molecule has 0 aliphatic heterocycles. The number of para-hydroxylation sites is 1. The molecule has 3 rings (SSSR count). The molecule has 0 saturated carbocycles. The quantitative estimate of drug-likeness (QED) is 0.241. The van der Waals surface area contributed by atoms with E-state index in [9.17, 15) is 18.0 Å². The second-order valence-corrected chi connectivity index (χ2v) is 12.1. The molecule has 0 fully saturated rings. The highest BCUT2D eigenvalue weighted by molar-refractivity contribution is 7.92. The number of anilines is 1. The van der Waals surface area contributed by atoms with E-state index >= 15 is 0 Å². The van der Waals surface area contributed by atoms with Gasteiger partial charge in [0.2, 0.25) is 11.8 Å². The highest BCUT2D eigenvalue weighted by Crippen LogP contribution is 2.28. The van der Waals surface area contributed by atoms with Crippen LogP contribution in [0.15, 0.2) is 83.8 Å². The van der Waals surface area contributed by atoms with Gasteiger partial charge >= 0.3 is 0 Å². The summed E-state index contributed by atoms with van der Waals surface area (Å²) in [5.74, 6) is -0.635. The number of nitrogens with one attached hydrogen (secondary N) is 1. The maximum atomic E-state index is 14.2. The van der Waals surface area contributed by atoms with E-state index in [1.807, 2.05) is 63.2 Å². The van der Waals surface area contributed by atoms with Crippen molar-refractivity contribution in [2.24, 2.45) is 0 Å². The fourth-order valence-corrected chi connectivity index (χ4v) is 6.26. The molecule has 0 spiro atoms. The standard InChI is InChI=1S/C33H43N3O4S/c1-5-8-23-34-33(38)30(7-3)35(24-22-27-14-10-9-11-15-27)32(37)25-36(31-17-13-12-16-28(31)6-2)41(39,40)29-20-18-26(4)19-21-29/h9-21,30H,5-8,22-25H2,1-4H3,(H,34,38)/t30-/m0/s1. The fourth-order valence-electron chi connectivity index (χ4n) is 4.81. The van der Waals surface area contributed by atoms with E-state index in [2.05, 4.69) is 12.2 Å². The van der Waals surface area contributed by atoms with Gasteiger partial charge in [0.15, 0.2) is 0 Å². The van der Waals surface area contributed by atoms with E-state index in [1.165, 1.54) is 4.31 Å². The Morgan fingerprint density at radius 1 is 0.878 bits per heavy atom. The third kappa shape index (κ3) is 8.43. The normalized spacial score (nSPS) is 12.0. The molecule has 0 unspecified atom stereocenters. The van der Waals surface area contributed by atoms with E-state index in [4.69, 9.17) is 0 Å². The molecule has 0 aromatic heterocycles. The monoisotopic (exact) mass is 577 g/mol. The highest BCUT2D eigenvalue weighted by Gasteiger charge is 2.34. The largest absolute Gasteiger partial charge is 0.354 e. The Bertz CT molecular complexity index is 1380. The lowest BCUT2D eigenvalue weighted by atomic mass is 10.1. The van der Waals surface area contributed by atoms with Crippen LogP contribution in [0, 0.1) is 6.92 Å². The van der Waals surface area contributed by atoms with Crippen LogP contribution in [-0.2, 0) is 32.5 Å². The first kappa shape index (κ1) is 31.9. The van der Waals surface area contributed by atoms with Gasteiger partial charge in [0.1, 0.15) is 12.6 Å². The van der Waals surface area contributed by atoms with Crippen LogP contribution >= 0.6 is 0 Å². The van der Waals surface area contributed by atoms with Gasteiger partial charge in [-0.3, -0.25) is 13.9 Å². The molecule has 2 amide bonds. The maximum Gasteiger partial charge on any atom is 0.264 e. The average Bonchev–Trinajstić information content (AvgIpc) is 2.98. The van der Waals surface area contributed by atoms with Crippen molar-refractivity contribution in [3.8, 4) is 0 Å². The molecule has 220 valence electrons. The molecule has 8 heteroatoms. The summed E-state index contributed by atoms with van der Waals surface area (Å²) in [5.41, 5.74) is 3.25. The van der Waals surface area contributed by atoms with Crippen LogP contribution in [0.2, 0.25) is 0 Å². The van der Waals surface area contributed by atoms with Crippen molar-refractivity contribution in [2.75, 3.05) is 23.9 Å². The van der Waals surface area contributed by atoms with E-state index < -0.39 is 28.5 Å². The maximum absolute atomic E-state index is 14.2. The second kappa shape index (κ2) is 15.4. The number of hydrogen-bond acceptors (Lipinski definition) is 4. The molecule has 0 heterocycles. The number of nitrogens with zero attached hydrogens (tertiary/aromatic N) is 2. The van der Waals surface area contributed by atoms with Gasteiger partial charge in [-0.25, -0.2) is 8.42 Å². The number of sulfonamides is 1. The number of amides is 2. The molecule has 0 bridgehead atoms. The molecule has 0 aliphatic carbocycles. The van der Waals surface area contributed by atoms with E-state index in [-0.39, 0.29) is 17.3 Å². The average molecular weight is 578 g/mol. The zero-order chi connectivity index (χ0) is 29.8. The van der Waals surface area contributed by atoms with Crippen molar-refractivity contribution < 1.29 is 18.0 Å². The molecular weight excluding hydrogens is 534 g/mol. The first-order chi connectivity index (χ1) is 19.7. The molecule has 1 atom stereocenters. The number of rotatable bonds is 15.